The maximum absolute atomic E-state index is 12.2. The van der Waals surface area contributed by atoms with Gasteiger partial charge >= 0.3 is 0 Å². The lowest BCUT2D eigenvalue weighted by Crippen LogP contribution is -2.20. The molecule has 0 radical (unpaired) electrons. The van der Waals surface area contributed by atoms with Crippen LogP contribution in [0.1, 0.15) is 11.1 Å². The zero-order valence-corrected chi connectivity index (χ0v) is 19.2. The second-order valence-corrected chi connectivity index (χ2v) is 8.10. The summed E-state index contributed by atoms with van der Waals surface area (Å²) in [6, 6.07) is 16.2. The van der Waals surface area contributed by atoms with Crippen molar-refractivity contribution in [3.05, 3.63) is 80.8 Å². The first-order valence-electron chi connectivity index (χ1n) is 9.40. The largest absolute Gasteiger partial charge is 0.493 e. The van der Waals surface area contributed by atoms with E-state index >= 15 is 0 Å². The van der Waals surface area contributed by atoms with E-state index in [0.29, 0.717) is 38.8 Å². The van der Waals surface area contributed by atoms with Gasteiger partial charge in [0.2, 0.25) is 0 Å². The molecule has 0 aliphatic rings. The number of carbonyl (C=O) groups excluding carboxylic acids is 1. The quantitative estimate of drug-likeness (QED) is 0.382. The van der Waals surface area contributed by atoms with Crippen molar-refractivity contribution in [1.82, 2.24) is 0 Å². The average molecular weight is 480 g/mol. The van der Waals surface area contributed by atoms with Gasteiger partial charge in [0.15, 0.2) is 18.1 Å². The number of halogens is 3. The number of carbonyl (C=O) groups is 1. The maximum Gasteiger partial charge on any atom is 0.262 e. The second kappa shape index (κ2) is 10.6. The first-order valence-corrected chi connectivity index (χ1v) is 10.5. The number of anilines is 2. The molecule has 0 spiro atoms. The summed E-state index contributed by atoms with van der Waals surface area (Å²) in [6.07, 6.45) is 0. The Kier molecular flexibility index (Phi) is 7.91. The van der Waals surface area contributed by atoms with Gasteiger partial charge in [-0.15, -0.1) is 0 Å². The van der Waals surface area contributed by atoms with Crippen LogP contribution in [0.15, 0.2) is 54.6 Å². The molecule has 0 aliphatic carbocycles. The van der Waals surface area contributed by atoms with Gasteiger partial charge in [0.05, 0.1) is 12.1 Å². The number of ether oxygens (including phenoxy) is 2. The van der Waals surface area contributed by atoms with Gasteiger partial charge in [-0.3, -0.25) is 4.79 Å². The summed E-state index contributed by atoms with van der Waals surface area (Å²) in [5.41, 5.74) is 3.44. The number of methoxy groups -OCH3 is 1. The van der Waals surface area contributed by atoms with Crippen LogP contribution in [0.3, 0.4) is 0 Å². The van der Waals surface area contributed by atoms with Gasteiger partial charge in [-0.05, 0) is 55.0 Å². The molecule has 162 valence electrons. The minimum Gasteiger partial charge on any atom is -0.493 e. The Morgan fingerprint density at radius 2 is 1.61 bits per heavy atom. The van der Waals surface area contributed by atoms with Crippen LogP contribution in [0.5, 0.6) is 11.5 Å². The Labute approximate surface area is 196 Å². The molecule has 5 nitrogen and oxygen atoms in total. The summed E-state index contributed by atoms with van der Waals surface area (Å²) in [7, 11) is 1.51. The molecule has 2 N–H and O–H groups in total. The Morgan fingerprint density at radius 3 is 2.26 bits per heavy atom. The number of rotatable bonds is 8. The molecule has 0 unspecified atom stereocenters. The van der Waals surface area contributed by atoms with Gasteiger partial charge in [-0.1, -0.05) is 52.5 Å². The topological polar surface area (TPSA) is 59.6 Å². The van der Waals surface area contributed by atoms with Gasteiger partial charge in [0, 0.05) is 28.0 Å². The number of benzene rings is 3. The molecular formula is C23H21Cl3N2O3. The highest BCUT2D eigenvalue weighted by Gasteiger charge is 2.14. The SMILES string of the molecule is COc1cc(CNc2cc(Cl)cc(Cl)c2)cc(Cl)c1OCC(=O)Nc1ccc(C)cc1. The molecule has 31 heavy (non-hydrogen) atoms. The van der Waals surface area contributed by atoms with Crippen molar-refractivity contribution < 1.29 is 14.3 Å². The fourth-order valence-corrected chi connectivity index (χ4v) is 3.66. The van der Waals surface area contributed by atoms with E-state index in [1.807, 2.05) is 31.2 Å². The fraction of sp³-hybridized carbons (Fsp3) is 0.174. The molecule has 0 saturated heterocycles. The highest BCUT2D eigenvalue weighted by atomic mass is 35.5. The van der Waals surface area contributed by atoms with Gasteiger partial charge in [-0.2, -0.15) is 0 Å². The first-order chi connectivity index (χ1) is 14.8. The minimum atomic E-state index is -0.300. The highest BCUT2D eigenvalue weighted by molar-refractivity contribution is 6.35. The molecule has 0 bridgehead atoms. The molecule has 3 aromatic rings. The summed E-state index contributed by atoms with van der Waals surface area (Å²) >= 11 is 18.5. The van der Waals surface area contributed by atoms with Crippen LogP contribution in [0.4, 0.5) is 11.4 Å². The number of nitrogens with one attached hydrogen (secondary N) is 2. The van der Waals surface area contributed by atoms with E-state index in [9.17, 15) is 4.79 Å². The number of aryl methyl sites for hydroxylation is 1. The molecule has 0 fully saturated rings. The lowest BCUT2D eigenvalue weighted by Gasteiger charge is -2.15. The minimum absolute atomic E-state index is 0.206. The third-order valence-corrected chi connectivity index (χ3v) is 5.05. The van der Waals surface area contributed by atoms with Gasteiger partial charge < -0.3 is 20.1 Å². The molecule has 8 heteroatoms. The second-order valence-electron chi connectivity index (χ2n) is 6.82. The molecule has 0 aromatic heterocycles. The first kappa shape index (κ1) is 23.1. The standard InChI is InChI=1S/C23H21Cl3N2O3/c1-14-3-5-18(6-4-14)28-22(29)13-31-23-20(26)7-15(8-21(23)30-2)12-27-19-10-16(24)9-17(25)11-19/h3-11,27H,12-13H2,1-2H3,(H,28,29). The van der Waals surface area contributed by atoms with E-state index in [1.165, 1.54) is 7.11 Å². The van der Waals surface area contributed by atoms with E-state index in [1.54, 1.807) is 30.3 Å². The van der Waals surface area contributed by atoms with Crippen molar-refractivity contribution in [3.63, 3.8) is 0 Å². The predicted octanol–water partition coefficient (Wildman–Crippen LogP) is 6.59. The maximum atomic E-state index is 12.2. The summed E-state index contributed by atoms with van der Waals surface area (Å²) in [4.78, 5) is 12.2. The Bertz CT molecular complexity index is 1050. The third-order valence-electron chi connectivity index (χ3n) is 4.33. The molecular weight excluding hydrogens is 459 g/mol. The third kappa shape index (κ3) is 6.69. The molecule has 3 rings (SSSR count). The average Bonchev–Trinajstić information content (AvgIpc) is 2.72. The Morgan fingerprint density at radius 1 is 0.935 bits per heavy atom. The Hall–Kier alpha value is -2.60. The molecule has 3 aromatic carbocycles. The van der Waals surface area contributed by atoms with Crippen LogP contribution in [-0.4, -0.2) is 19.6 Å². The summed E-state index contributed by atoms with van der Waals surface area (Å²) < 4.78 is 11.1. The monoisotopic (exact) mass is 478 g/mol. The number of hydrogen-bond donors (Lipinski definition) is 2. The summed E-state index contributed by atoms with van der Waals surface area (Å²) in [5.74, 6) is 0.430. The lowest BCUT2D eigenvalue weighted by atomic mass is 10.2. The molecule has 0 heterocycles. The van der Waals surface area contributed by atoms with Crippen LogP contribution < -0.4 is 20.1 Å². The zero-order valence-electron chi connectivity index (χ0n) is 17.0. The zero-order chi connectivity index (χ0) is 22.4. The highest BCUT2D eigenvalue weighted by Crippen LogP contribution is 2.36. The summed E-state index contributed by atoms with van der Waals surface area (Å²) in [6.45, 7) is 2.23. The van der Waals surface area contributed by atoms with Crippen molar-refractivity contribution in [2.24, 2.45) is 0 Å². The van der Waals surface area contributed by atoms with E-state index in [4.69, 9.17) is 44.3 Å². The number of amides is 1. The van der Waals surface area contributed by atoms with Gasteiger partial charge in [0.25, 0.3) is 5.91 Å². The lowest BCUT2D eigenvalue weighted by molar-refractivity contribution is -0.118. The molecule has 0 saturated carbocycles. The van der Waals surface area contributed by atoms with Crippen molar-refractivity contribution in [2.75, 3.05) is 24.4 Å². The smallest absolute Gasteiger partial charge is 0.262 e. The van der Waals surface area contributed by atoms with Crippen LogP contribution in [0, 0.1) is 6.92 Å². The molecule has 1 amide bonds. The van der Waals surface area contributed by atoms with Crippen LogP contribution >= 0.6 is 34.8 Å². The molecule has 0 aliphatic heterocycles. The van der Waals surface area contributed by atoms with Crippen molar-refractivity contribution in [1.29, 1.82) is 0 Å². The van der Waals surface area contributed by atoms with E-state index in [2.05, 4.69) is 10.6 Å². The van der Waals surface area contributed by atoms with E-state index in [0.717, 1.165) is 16.8 Å². The van der Waals surface area contributed by atoms with Crippen molar-refractivity contribution >= 4 is 52.1 Å². The summed E-state index contributed by atoms with van der Waals surface area (Å²) in [5, 5.41) is 7.43. The number of hydrogen-bond acceptors (Lipinski definition) is 4. The normalized spacial score (nSPS) is 10.5. The van der Waals surface area contributed by atoms with Crippen LogP contribution in [0.2, 0.25) is 15.1 Å². The van der Waals surface area contributed by atoms with Crippen molar-refractivity contribution in [3.8, 4) is 11.5 Å². The van der Waals surface area contributed by atoms with E-state index in [-0.39, 0.29) is 12.5 Å². The predicted molar refractivity (Wildman–Crippen MR) is 127 cm³/mol. The van der Waals surface area contributed by atoms with Crippen molar-refractivity contribution in [2.45, 2.75) is 13.5 Å². The van der Waals surface area contributed by atoms with Crippen LogP contribution in [-0.2, 0) is 11.3 Å². The van der Waals surface area contributed by atoms with E-state index < -0.39 is 0 Å². The fourth-order valence-electron chi connectivity index (χ4n) is 2.85. The van der Waals surface area contributed by atoms with Gasteiger partial charge in [-0.25, -0.2) is 0 Å². The molecule has 0 atom stereocenters. The van der Waals surface area contributed by atoms with Gasteiger partial charge in [0.1, 0.15) is 0 Å². The van der Waals surface area contributed by atoms with Crippen LogP contribution in [0.25, 0.3) is 0 Å². The Balaban J connectivity index is 1.64.